The van der Waals surface area contributed by atoms with Crippen molar-refractivity contribution in [3.05, 3.63) is 54.7 Å². The largest absolute Gasteiger partial charge is 0.368 e. The van der Waals surface area contributed by atoms with Crippen LogP contribution in [-0.4, -0.2) is 79.6 Å². The molecule has 2 aliphatic heterocycles. The van der Waals surface area contributed by atoms with Crippen LogP contribution in [0.5, 0.6) is 0 Å². The fourth-order valence-electron chi connectivity index (χ4n) is 3.82. The molecule has 0 bridgehead atoms. The second kappa shape index (κ2) is 8.39. The molecule has 0 spiro atoms. The second-order valence-electron chi connectivity index (χ2n) is 7.15. The van der Waals surface area contributed by atoms with E-state index in [4.69, 9.17) is 0 Å². The van der Waals surface area contributed by atoms with Gasteiger partial charge in [-0.3, -0.25) is 9.69 Å². The summed E-state index contributed by atoms with van der Waals surface area (Å²) in [5.74, 6) is 1.29. The van der Waals surface area contributed by atoms with Gasteiger partial charge in [-0.05, 0) is 24.3 Å². The number of pyridine rings is 1. The minimum absolute atomic E-state index is 0.258. The molecule has 4 rings (SSSR count). The number of amides is 1. The van der Waals surface area contributed by atoms with E-state index in [2.05, 4.69) is 43.9 Å². The molecule has 2 fully saturated rings. The van der Waals surface area contributed by atoms with Gasteiger partial charge in [-0.15, -0.1) is 0 Å². The SMILES string of the molecule is O=C(CN1CCN(c2ccccn2)CC1)N1CCN(c2ccccc2)CC1. The Bertz CT molecular complexity index is 723. The Labute approximate surface area is 161 Å². The highest BCUT2D eigenvalue weighted by Crippen LogP contribution is 2.16. The van der Waals surface area contributed by atoms with Gasteiger partial charge in [0.25, 0.3) is 0 Å². The van der Waals surface area contributed by atoms with E-state index in [1.807, 2.05) is 35.4 Å². The molecule has 1 amide bonds. The number of piperazine rings is 2. The second-order valence-corrected chi connectivity index (χ2v) is 7.15. The fourth-order valence-corrected chi connectivity index (χ4v) is 3.82. The molecule has 2 aromatic rings. The van der Waals surface area contributed by atoms with Crippen LogP contribution in [0.15, 0.2) is 54.7 Å². The summed E-state index contributed by atoms with van der Waals surface area (Å²) in [4.78, 5) is 26.1. The van der Waals surface area contributed by atoms with E-state index in [0.717, 1.165) is 58.2 Å². The van der Waals surface area contributed by atoms with Crippen LogP contribution in [0.1, 0.15) is 0 Å². The van der Waals surface area contributed by atoms with Crippen molar-refractivity contribution >= 4 is 17.4 Å². The molecular formula is C21H27N5O. The topological polar surface area (TPSA) is 42.9 Å². The van der Waals surface area contributed by atoms with E-state index in [0.29, 0.717) is 6.54 Å². The fraction of sp³-hybridized carbons (Fsp3) is 0.429. The zero-order chi connectivity index (χ0) is 18.5. The standard InChI is InChI=1S/C21H27N5O/c27-21(26-16-14-24(15-17-26)19-6-2-1-3-7-19)18-23-10-12-25(13-11-23)20-8-4-5-9-22-20/h1-9H,10-18H2. The highest BCUT2D eigenvalue weighted by atomic mass is 16.2. The third-order valence-corrected chi connectivity index (χ3v) is 5.46. The van der Waals surface area contributed by atoms with Crippen molar-refractivity contribution in [2.75, 3.05) is 68.7 Å². The zero-order valence-electron chi connectivity index (χ0n) is 15.7. The lowest BCUT2D eigenvalue weighted by atomic mass is 10.2. The predicted molar refractivity (Wildman–Crippen MR) is 108 cm³/mol. The van der Waals surface area contributed by atoms with Gasteiger partial charge in [0.1, 0.15) is 5.82 Å². The Hall–Kier alpha value is -2.60. The van der Waals surface area contributed by atoms with E-state index in [1.54, 1.807) is 0 Å². The lowest BCUT2D eigenvalue weighted by Gasteiger charge is -2.38. The summed E-state index contributed by atoms with van der Waals surface area (Å²) in [6, 6.07) is 16.5. The normalized spacial score (nSPS) is 18.6. The van der Waals surface area contributed by atoms with E-state index in [-0.39, 0.29) is 5.91 Å². The van der Waals surface area contributed by atoms with Crippen molar-refractivity contribution in [3.8, 4) is 0 Å². The average Bonchev–Trinajstić information content (AvgIpc) is 2.76. The third kappa shape index (κ3) is 4.39. The summed E-state index contributed by atoms with van der Waals surface area (Å²) >= 11 is 0. The molecule has 27 heavy (non-hydrogen) atoms. The highest BCUT2D eigenvalue weighted by Gasteiger charge is 2.25. The number of aromatic nitrogens is 1. The van der Waals surface area contributed by atoms with Gasteiger partial charge >= 0.3 is 0 Å². The van der Waals surface area contributed by atoms with Crippen LogP contribution in [0.4, 0.5) is 11.5 Å². The van der Waals surface area contributed by atoms with Crippen LogP contribution in [0, 0.1) is 0 Å². The van der Waals surface area contributed by atoms with Gasteiger partial charge in [0.05, 0.1) is 6.54 Å². The molecule has 0 N–H and O–H groups in total. The molecule has 0 radical (unpaired) electrons. The van der Waals surface area contributed by atoms with Gasteiger partial charge in [-0.25, -0.2) is 4.98 Å². The number of nitrogens with zero attached hydrogens (tertiary/aromatic N) is 5. The highest BCUT2D eigenvalue weighted by molar-refractivity contribution is 5.78. The Kier molecular flexibility index (Phi) is 5.53. The molecule has 2 saturated heterocycles. The number of para-hydroxylation sites is 1. The van der Waals surface area contributed by atoms with Crippen LogP contribution in [0.2, 0.25) is 0 Å². The summed E-state index contributed by atoms with van der Waals surface area (Å²) in [5, 5.41) is 0. The summed E-state index contributed by atoms with van der Waals surface area (Å²) < 4.78 is 0. The van der Waals surface area contributed by atoms with Gasteiger partial charge in [-0.2, -0.15) is 0 Å². The minimum atomic E-state index is 0.258. The van der Waals surface area contributed by atoms with Crippen molar-refractivity contribution in [2.24, 2.45) is 0 Å². The lowest BCUT2D eigenvalue weighted by Crippen LogP contribution is -2.54. The van der Waals surface area contributed by atoms with Crippen LogP contribution >= 0.6 is 0 Å². The van der Waals surface area contributed by atoms with Gasteiger partial charge in [0.2, 0.25) is 5.91 Å². The molecule has 0 atom stereocenters. The van der Waals surface area contributed by atoms with Gasteiger partial charge in [0.15, 0.2) is 0 Å². The van der Waals surface area contributed by atoms with Gasteiger partial charge in [-0.1, -0.05) is 24.3 Å². The van der Waals surface area contributed by atoms with Crippen LogP contribution in [0.3, 0.4) is 0 Å². The zero-order valence-corrected chi connectivity index (χ0v) is 15.7. The maximum atomic E-state index is 12.7. The van der Waals surface area contributed by atoms with Crippen molar-refractivity contribution in [2.45, 2.75) is 0 Å². The lowest BCUT2D eigenvalue weighted by molar-refractivity contribution is -0.132. The monoisotopic (exact) mass is 365 g/mol. The number of hydrogen-bond acceptors (Lipinski definition) is 5. The number of carbonyl (C=O) groups is 1. The summed E-state index contributed by atoms with van der Waals surface area (Å²) in [7, 11) is 0. The van der Waals surface area contributed by atoms with Crippen molar-refractivity contribution in [3.63, 3.8) is 0 Å². The molecule has 142 valence electrons. The van der Waals surface area contributed by atoms with Crippen molar-refractivity contribution < 1.29 is 4.79 Å². The molecule has 1 aromatic carbocycles. The van der Waals surface area contributed by atoms with E-state index in [9.17, 15) is 4.79 Å². The molecule has 2 aliphatic rings. The number of rotatable bonds is 4. The van der Waals surface area contributed by atoms with Crippen molar-refractivity contribution in [1.29, 1.82) is 0 Å². The minimum Gasteiger partial charge on any atom is -0.368 e. The summed E-state index contributed by atoms with van der Waals surface area (Å²) in [6.07, 6.45) is 1.83. The van der Waals surface area contributed by atoms with E-state index in [1.165, 1.54) is 5.69 Å². The van der Waals surface area contributed by atoms with Gasteiger partial charge < -0.3 is 14.7 Å². The number of carbonyl (C=O) groups excluding carboxylic acids is 1. The molecule has 1 aromatic heterocycles. The smallest absolute Gasteiger partial charge is 0.236 e. The number of anilines is 2. The molecule has 6 heteroatoms. The molecule has 6 nitrogen and oxygen atoms in total. The molecule has 3 heterocycles. The first-order valence-electron chi connectivity index (χ1n) is 9.76. The van der Waals surface area contributed by atoms with Crippen LogP contribution in [-0.2, 0) is 4.79 Å². The Balaban J connectivity index is 1.22. The Morgan fingerprint density at radius 2 is 1.44 bits per heavy atom. The Morgan fingerprint density at radius 1 is 0.778 bits per heavy atom. The number of benzene rings is 1. The maximum absolute atomic E-state index is 12.7. The summed E-state index contributed by atoms with van der Waals surface area (Å²) in [6.45, 7) is 7.62. The van der Waals surface area contributed by atoms with Gasteiger partial charge in [0, 0.05) is 64.2 Å². The van der Waals surface area contributed by atoms with E-state index >= 15 is 0 Å². The predicted octanol–water partition coefficient (Wildman–Crippen LogP) is 1.55. The maximum Gasteiger partial charge on any atom is 0.236 e. The Morgan fingerprint density at radius 3 is 2.11 bits per heavy atom. The first-order valence-corrected chi connectivity index (χ1v) is 9.76. The molecule has 0 unspecified atom stereocenters. The first-order chi connectivity index (χ1) is 13.3. The third-order valence-electron chi connectivity index (χ3n) is 5.46. The molecule has 0 aliphatic carbocycles. The van der Waals surface area contributed by atoms with Crippen LogP contribution < -0.4 is 9.80 Å². The van der Waals surface area contributed by atoms with Crippen LogP contribution in [0.25, 0.3) is 0 Å². The number of hydrogen-bond donors (Lipinski definition) is 0. The van der Waals surface area contributed by atoms with E-state index < -0.39 is 0 Å². The van der Waals surface area contributed by atoms with Crippen molar-refractivity contribution in [1.82, 2.24) is 14.8 Å². The first kappa shape index (κ1) is 17.8. The molecular weight excluding hydrogens is 338 g/mol. The summed E-state index contributed by atoms with van der Waals surface area (Å²) in [5.41, 5.74) is 1.25. The quantitative estimate of drug-likeness (QED) is 0.823. The molecule has 0 saturated carbocycles. The average molecular weight is 365 g/mol.